The summed E-state index contributed by atoms with van der Waals surface area (Å²) in [4.78, 5) is 4.65. The van der Waals surface area contributed by atoms with Gasteiger partial charge in [-0.1, -0.05) is 144 Å². The second-order valence-electron chi connectivity index (χ2n) is 15.1. The molecule has 2 aliphatic carbocycles. The molecule has 1 atom stereocenters. The maximum atomic E-state index is 6.15. The number of nitrogens with zero attached hydrogens (tertiary/aromatic N) is 1. The first-order valence-corrected chi connectivity index (χ1v) is 17.3. The molecule has 0 N–H and O–H groups in total. The molecule has 0 aliphatic heterocycles. The van der Waals surface area contributed by atoms with Crippen molar-refractivity contribution in [2.45, 2.75) is 51.4 Å². The molecule has 1 nitrogen and oxygen atoms in total. The van der Waals surface area contributed by atoms with Gasteiger partial charge < -0.3 is 0 Å². The number of hydrogen-bond acceptors (Lipinski definition) is 1. The van der Waals surface area contributed by atoms with E-state index in [1.54, 1.807) is 0 Å². The van der Waals surface area contributed by atoms with Gasteiger partial charge in [-0.15, -0.1) is 6.42 Å². The van der Waals surface area contributed by atoms with Gasteiger partial charge in [0.1, 0.15) is 0 Å². The van der Waals surface area contributed by atoms with Gasteiger partial charge in [-0.3, -0.25) is 4.99 Å². The zero-order valence-electron chi connectivity index (χ0n) is 29.2. The number of hydrogen-bond donors (Lipinski definition) is 0. The van der Waals surface area contributed by atoms with E-state index >= 15 is 0 Å². The van der Waals surface area contributed by atoms with Crippen molar-refractivity contribution in [2.24, 2.45) is 4.99 Å². The summed E-state index contributed by atoms with van der Waals surface area (Å²) in [7, 11) is 1.84. The molecule has 6 aromatic rings. The molecule has 0 amide bonds. The van der Waals surface area contributed by atoms with E-state index in [0.717, 1.165) is 22.4 Å². The van der Waals surface area contributed by atoms with Crippen LogP contribution in [0.4, 0.5) is 0 Å². The molecule has 6 aromatic carbocycles. The Hall–Kier alpha value is -5.45. The third-order valence-corrected chi connectivity index (χ3v) is 10.8. The van der Waals surface area contributed by atoms with E-state index < -0.39 is 0 Å². The van der Waals surface area contributed by atoms with E-state index in [-0.39, 0.29) is 16.7 Å². The zero-order valence-corrected chi connectivity index (χ0v) is 29.2. The van der Waals surface area contributed by atoms with E-state index in [1.807, 2.05) is 7.05 Å². The molecule has 0 saturated heterocycles. The topological polar surface area (TPSA) is 12.4 Å². The van der Waals surface area contributed by atoms with Gasteiger partial charge in [0.2, 0.25) is 0 Å². The minimum absolute atomic E-state index is 0.0625. The standard InChI is InChI=1S/C48H41N/c1-8-37-43-27-34(19-22-39(43)38-17-9-10-18-42(38)46(37)49-7)32-15-11-13-30(25-32)31-14-12-16-33(26-31)35-20-23-40-41-24-21-36(47(2,3)4)29-45(41)48(5,6)44(40)28-35/h1,9-29,37H,2-7H3. The van der Waals surface area contributed by atoms with Crippen LogP contribution in [-0.4, -0.2) is 12.8 Å². The van der Waals surface area contributed by atoms with Crippen LogP contribution in [0.5, 0.6) is 0 Å². The van der Waals surface area contributed by atoms with Gasteiger partial charge in [-0.25, -0.2) is 0 Å². The summed E-state index contributed by atoms with van der Waals surface area (Å²) < 4.78 is 0. The average Bonchev–Trinajstić information content (AvgIpc) is 3.35. The molecule has 49 heavy (non-hydrogen) atoms. The predicted octanol–water partition coefficient (Wildman–Crippen LogP) is 12.1. The number of rotatable bonds is 3. The molecule has 0 bridgehead atoms. The highest BCUT2D eigenvalue weighted by Crippen LogP contribution is 2.51. The molecule has 1 heteroatoms. The largest absolute Gasteiger partial charge is 0.291 e. The van der Waals surface area contributed by atoms with Crippen LogP contribution in [0.2, 0.25) is 0 Å². The van der Waals surface area contributed by atoms with Gasteiger partial charge in [0, 0.05) is 18.0 Å². The van der Waals surface area contributed by atoms with Crippen molar-refractivity contribution in [2.75, 3.05) is 7.05 Å². The Bertz CT molecular complexity index is 2370. The first-order valence-electron chi connectivity index (χ1n) is 17.3. The van der Waals surface area contributed by atoms with Gasteiger partial charge in [0.25, 0.3) is 0 Å². The zero-order chi connectivity index (χ0) is 34.1. The van der Waals surface area contributed by atoms with Crippen molar-refractivity contribution < 1.29 is 0 Å². The van der Waals surface area contributed by atoms with Gasteiger partial charge in [0.15, 0.2) is 0 Å². The van der Waals surface area contributed by atoms with Crippen LogP contribution in [0.1, 0.15) is 68.4 Å². The Balaban J connectivity index is 1.14. The van der Waals surface area contributed by atoms with Crippen LogP contribution < -0.4 is 0 Å². The van der Waals surface area contributed by atoms with Crippen LogP contribution in [0.25, 0.3) is 55.6 Å². The molecule has 0 saturated carbocycles. The van der Waals surface area contributed by atoms with Crippen LogP contribution in [-0.2, 0) is 10.8 Å². The molecule has 238 valence electrons. The molecule has 0 heterocycles. The van der Waals surface area contributed by atoms with Gasteiger partial charge >= 0.3 is 0 Å². The van der Waals surface area contributed by atoms with Crippen LogP contribution in [0.3, 0.4) is 0 Å². The van der Waals surface area contributed by atoms with Crippen molar-refractivity contribution in [1.82, 2.24) is 0 Å². The third kappa shape index (κ3) is 4.98. The molecule has 8 rings (SSSR count). The molecule has 0 fully saturated rings. The lowest BCUT2D eigenvalue weighted by molar-refractivity contribution is 0.584. The first-order chi connectivity index (χ1) is 23.6. The lowest BCUT2D eigenvalue weighted by Crippen LogP contribution is -2.19. The Morgan fingerprint density at radius 2 is 1.06 bits per heavy atom. The molecule has 1 unspecified atom stereocenters. The Morgan fingerprint density at radius 1 is 0.551 bits per heavy atom. The lowest BCUT2D eigenvalue weighted by Gasteiger charge is -2.27. The first kappa shape index (κ1) is 30.9. The normalized spacial score (nSPS) is 16.3. The van der Waals surface area contributed by atoms with Crippen molar-refractivity contribution in [3.05, 3.63) is 155 Å². The van der Waals surface area contributed by atoms with E-state index in [9.17, 15) is 0 Å². The van der Waals surface area contributed by atoms with Crippen LogP contribution in [0, 0.1) is 12.3 Å². The number of benzene rings is 6. The van der Waals surface area contributed by atoms with Crippen LogP contribution in [0.15, 0.2) is 132 Å². The quantitative estimate of drug-likeness (QED) is 0.172. The second kappa shape index (κ2) is 11.3. The summed E-state index contributed by atoms with van der Waals surface area (Å²) in [5, 5.41) is 0. The highest BCUT2D eigenvalue weighted by Gasteiger charge is 2.36. The fourth-order valence-corrected chi connectivity index (χ4v) is 8.03. The molecule has 0 aromatic heterocycles. The molecular formula is C48H41N. The summed E-state index contributed by atoms with van der Waals surface area (Å²) in [6.07, 6.45) is 6.15. The molecular weight excluding hydrogens is 591 g/mol. The molecule has 2 aliphatic rings. The van der Waals surface area contributed by atoms with E-state index in [2.05, 4.69) is 173 Å². The average molecular weight is 632 g/mol. The number of fused-ring (bicyclic) bond motifs is 6. The lowest BCUT2D eigenvalue weighted by atomic mass is 9.76. The molecule has 0 spiro atoms. The Labute approximate surface area is 291 Å². The van der Waals surface area contributed by atoms with Crippen molar-refractivity contribution in [3.63, 3.8) is 0 Å². The molecule has 0 radical (unpaired) electrons. The minimum Gasteiger partial charge on any atom is -0.291 e. The summed E-state index contributed by atoms with van der Waals surface area (Å²) in [6, 6.07) is 47.1. The minimum atomic E-state index is -0.180. The smallest absolute Gasteiger partial charge is 0.0879 e. The summed E-state index contributed by atoms with van der Waals surface area (Å²) in [5.74, 6) is 2.86. The van der Waals surface area contributed by atoms with Crippen molar-refractivity contribution >= 4 is 5.71 Å². The summed E-state index contributed by atoms with van der Waals surface area (Å²) >= 11 is 0. The monoisotopic (exact) mass is 631 g/mol. The van der Waals surface area contributed by atoms with E-state index in [4.69, 9.17) is 6.42 Å². The maximum Gasteiger partial charge on any atom is 0.0879 e. The Morgan fingerprint density at radius 3 is 1.63 bits per heavy atom. The van der Waals surface area contributed by atoms with E-state index in [1.165, 1.54) is 66.8 Å². The van der Waals surface area contributed by atoms with Gasteiger partial charge in [0.05, 0.1) is 11.6 Å². The van der Waals surface area contributed by atoms with Crippen LogP contribution >= 0.6 is 0 Å². The summed E-state index contributed by atoms with van der Waals surface area (Å²) in [5.41, 5.74) is 19.8. The summed E-state index contributed by atoms with van der Waals surface area (Å²) in [6.45, 7) is 11.6. The second-order valence-corrected chi connectivity index (χ2v) is 15.1. The van der Waals surface area contributed by atoms with Crippen molar-refractivity contribution in [1.29, 1.82) is 0 Å². The maximum absolute atomic E-state index is 6.15. The fourth-order valence-electron chi connectivity index (χ4n) is 8.03. The highest BCUT2D eigenvalue weighted by molar-refractivity contribution is 6.15. The number of aliphatic imine (C=N–C) groups is 1. The van der Waals surface area contributed by atoms with Gasteiger partial charge in [-0.05, 0) is 108 Å². The van der Waals surface area contributed by atoms with Crippen molar-refractivity contribution in [3.8, 4) is 68.0 Å². The van der Waals surface area contributed by atoms with E-state index in [0.29, 0.717) is 0 Å². The SMILES string of the molecule is C#CC1C(=NC)c2ccccc2-c2ccc(-c3cccc(-c4cccc(-c5ccc6c(c5)C(C)(C)c5cc(C(C)(C)C)ccc5-6)c4)c3)cc21. The Kier molecular flexibility index (Phi) is 7.13. The number of terminal acetylenes is 1. The highest BCUT2D eigenvalue weighted by atomic mass is 14.7. The van der Waals surface area contributed by atoms with Gasteiger partial charge in [-0.2, -0.15) is 0 Å². The fraction of sp³-hybridized carbons (Fsp3) is 0.188. The predicted molar refractivity (Wildman–Crippen MR) is 208 cm³/mol. The third-order valence-electron chi connectivity index (χ3n) is 10.8.